The molecular weight excluding hydrogens is 378 g/mol. The molecule has 2 saturated heterocycles. The highest BCUT2D eigenvalue weighted by atomic mass is 16.5. The van der Waals surface area contributed by atoms with E-state index >= 15 is 0 Å². The Balaban J connectivity index is 1.28. The number of ether oxygens (including phenoxy) is 2. The molecule has 0 bridgehead atoms. The van der Waals surface area contributed by atoms with Crippen molar-refractivity contribution in [2.75, 3.05) is 31.2 Å². The summed E-state index contributed by atoms with van der Waals surface area (Å²) in [5.41, 5.74) is 2.44. The lowest BCUT2D eigenvalue weighted by Gasteiger charge is -2.55. The number of rotatable bonds is 5. The molecule has 1 N–H and O–H groups in total. The highest BCUT2D eigenvalue weighted by molar-refractivity contribution is 5.45. The Morgan fingerprint density at radius 2 is 1.60 bits per heavy atom. The van der Waals surface area contributed by atoms with Gasteiger partial charge in [-0.15, -0.1) is 0 Å². The lowest BCUT2D eigenvalue weighted by molar-refractivity contribution is -0.127. The Morgan fingerprint density at radius 3 is 2.20 bits per heavy atom. The normalized spacial score (nSPS) is 17.3. The van der Waals surface area contributed by atoms with E-state index in [1.165, 1.54) is 0 Å². The van der Waals surface area contributed by atoms with Gasteiger partial charge in [0.2, 0.25) is 0 Å². The highest BCUT2D eigenvalue weighted by Crippen LogP contribution is 2.40. The third-order valence-electron chi connectivity index (χ3n) is 6.19. The lowest BCUT2D eigenvalue weighted by atomic mass is 9.78. The van der Waals surface area contributed by atoms with E-state index in [4.69, 9.17) is 9.47 Å². The molecule has 0 saturated carbocycles. The minimum Gasteiger partial charge on any atom is -0.508 e. The molecule has 1 aromatic heterocycles. The molecule has 0 unspecified atom stereocenters. The summed E-state index contributed by atoms with van der Waals surface area (Å²) in [5, 5.41) is 9.55. The van der Waals surface area contributed by atoms with Crippen LogP contribution in [0.2, 0.25) is 0 Å². The SMILES string of the molecule is CC(C)(c1ccc(O)cc1)c1ccc(Oc2nccc(N3CC4(COC4)C3)n2)cc1. The molecular formula is C24H25N3O3. The summed E-state index contributed by atoms with van der Waals surface area (Å²) in [6.45, 7) is 7.98. The Hall–Kier alpha value is -3.12. The van der Waals surface area contributed by atoms with Crippen molar-refractivity contribution in [1.29, 1.82) is 0 Å². The highest BCUT2D eigenvalue weighted by Gasteiger charge is 2.49. The first kappa shape index (κ1) is 18.9. The zero-order chi connectivity index (χ0) is 20.8. The first-order chi connectivity index (χ1) is 14.4. The van der Waals surface area contributed by atoms with Crippen molar-refractivity contribution in [2.45, 2.75) is 19.3 Å². The Bertz CT molecular complexity index is 1040. The molecule has 2 aromatic carbocycles. The maximum absolute atomic E-state index is 9.55. The van der Waals surface area contributed by atoms with Crippen molar-refractivity contribution in [3.05, 3.63) is 71.9 Å². The number of phenols is 1. The standard InChI is InChI=1S/C24H25N3O3/c1-23(2,17-3-7-19(28)8-4-17)18-5-9-20(10-6-18)30-22-25-12-11-21(26-22)27-13-24(14-27)15-29-16-24/h3-12,28H,13-16H2,1-2H3. The molecule has 154 valence electrons. The summed E-state index contributed by atoms with van der Waals surface area (Å²) >= 11 is 0. The van der Waals surface area contributed by atoms with Crippen LogP contribution in [0.3, 0.4) is 0 Å². The quantitative estimate of drug-likeness (QED) is 0.691. The van der Waals surface area contributed by atoms with E-state index in [9.17, 15) is 5.11 Å². The van der Waals surface area contributed by atoms with Crippen molar-refractivity contribution in [3.8, 4) is 17.5 Å². The van der Waals surface area contributed by atoms with Gasteiger partial charge in [0, 0.05) is 24.7 Å². The molecule has 1 spiro atoms. The second-order valence-electron chi connectivity index (χ2n) is 8.84. The van der Waals surface area contributed by atoms with Gasteiger partial charge < -0.3 is 19.5 Å². The molecule has 30 heavy (non-hydrogen) atoms. The molecule has 3 aromatic rings. The van der Waals surface area contributed by atoms with E-state index < -0.39 is 0 Å². The van der Waals surface area contributed by atoms with Crippen LogP contribution in [0.15, 0.2) is 60.8 Å². The summed E-state index contributed by atoms with van der Waals surface area (Å²) in [5.74, 6) is 1.86. The number of aromatic hydroxyl groups is 1. The van der Waals surface area contributed by atoms with Crippen LogP contribution in [0.5, 0.6) is 17.5 Å². The molecule has 6 nitrogen and oxygen atoms in total. The van der Waals surface area contributed by atoms with Crippen LogP contribution in [0.1, 0.15) is 25.0 Å². The number of anilines is 1. The van der Waals surface area contributed by atoms with Gasteiger partial charge in [-0.3, -0.25) is 0 Å². The molecule has 0 aliphatic carbocycles. The van der Waals surface area contributed by atoms with Gasteiger partial charge in [-0.05, 0) is 41.5 Å². The molecule has 0 atom stereocenters. The molecule has 0 amide bonds. The van der Waals surface area contributed by atoms with Crippen LogP contribution < -0.4 is 9.64 Å². The summed E-state index contributed by atoms with van der Waals surface area (Å²) in [7, 11) is 0. The second kappa shape index (κ2) is 6.99. The van der Waals surface area contributed by atoms with E-state index in [-0.39, 0.29) is 11.2 Å². The van der Waals surface area contributed by atoms with Gasteiger partial charge >= 0.3 is 6.01 Å². The summed E-state index contributed by atoms with van der Waals surface area (Å²) in [6, 6.07) is 17.6. The maximum atomic E-state index is 9.55. The van der Waals surface area contributed by atoms with Gasteiger partial charge in [0.25, 0.3) is 0 Å². The third-order valence-corrected chi connectivity index (χ3v) is 6.19. The van der Waals surface area contributed by atoms with Gasteiger partial charge in [0.1, 0.15) is 17.3 Å². The number of benzene rings is 2. The molecule has 2 aliphatic rings. The monoisotopic (exact) mass is 403 g/mol. The Labute approximate surface area is 176 Å². The summed E-state index contributed by atoms with van der Waals surface area (Å²) in [6.07, 6.45) is 1.74. The van der Waals surface area contributed by atoms with Crippen LogP contribution >= 0.6 is 0 Å². The average molecular weight is 403 g/mol. The van der Waals surface area contributed by atoms with Gasteiger partial charge in [0.05, 0.1) is 18.6 Å². The molecule has 5 rings (SSSR count). The first-order valence-electron chi connectivity index (χ1n) is 10.2. The van der Waals surface area contributed by atoms with Crippen molar-refractivity contribution in [2.24, 2.45) is 5.41 Å². The van der Waals surface area contributed by atoms with Crippen LogP contribution in [0, 0.1) is 5.41 Å². The predicted octanol–water partition coefficient (Wildman–Crippen LogP) is 4.14. The Kier molecular flexibility index (Phi) is 4.40. The molecule has 2 fully saturated rings. The second-order valence-corrected chi connectivity index (χ2v) is 8.84. The zero-order valence-electron chi connectivity index (χ0n) is 17.2. The fourth-order valence-corrected chi connectivity index (χ4v) is 4.15. The van der Waals surface area contributed by atoms with Crippen molar-refractivity contribution in [3.63, 3.8) is 0 Å². The number of hydrogen-bond acceptors (Lipinski definition) is 6. The topological polar surface area (TPSA) is 67.7 Å². The summed E-state index contributed by atoms with van der Waals surface area (Å²) < 4.78 is 11.3. The van der Waals surface area contributed by atoms with Crippen LogP contribution in [0.4, 0.5) is 5.82 Å². The average Bonchev–Trinajstić information content (AvgIpc) is 2.67. The van der Waals surface area contributed by atoms with E-state index in [2.05, 4.69) is 40.8 Å². The minimum atomic E-state index is -0.193. The van der Waals surface area contributed by atoms with E-state index in [1.807, 2.05) is 30.3 Å². The van der Waals surface area contributed by atoms with Gasteiger partial charge in [-0.25, -0.2) is 4.98 Å². The Morgan fingerprint density at radius 1 is 0.967 bits per heavy atom. The van der Waals surface area contributed by atoms with Crippen LogP contribution in [-0.2, 0) is 10.2 Å². The first-order valence-corrected chi connectivity index (χ1v) is 10.2. The molecule has 6 heteroatoms. The van der Waals surface area contributed by atoms with Gasteiger partial charge in [-0.2, -0.15) is 4.98 Å². The van der Waals surface area contributed by atoms with Crippen LogP contribution in [-0.4, -0.2) is 41.4 Å². The minimum absolute atomic E-state index is 0.193. The lowest BCUT2D eigenvalue weighted by Crippen LogP contribution is -2.66. The van der Waals surface area contributed by atoms with Gasteiger partial charge in [0.15, 0.2) is 0 Å². The van der Waals surface area contributed by atoms with E-state index in [1.54, 1.807) is 18.3 Å². The van der Waals surface area contributed by atoms with Crippen LogP contribution in [0.25, 0.3) is 0 Å². The van der Waals surface area contributed by atoms with Crippen molar-refractivity contribution in [1.82, 2.24) is 9.97 Å². The molecule has 0 radical (unpaired) electrons. The van der Waals surface area contributed by atoms with E-state index in [0.29, 0.717) is 17.2 Å². The predicted molar refractivity (Wildman–Crippen MR) is 114 cm³/mol. The number of nitrogens with zero attached hydrogens (tertiary/aromatic N) is 3. The largest absolute Gasteiger partial charge is 0.508 e. The fourth-order valence-electron chi connectivity index (χ4n) is 4.15. The fraction of sp³-hybridized carbons (Fsp3) is 0.333. The van der Waals surface area contributed by atoms with Crippen molar-refractivity contribution >= 4 is 5.82 Å². The van der Waals surface area contributed by atoms with Crippen molar-refractivity contribution < 1.29 is 14.6 Å². The maximum Gasteiger partial charge on any atom is 0.323 e. The number of aromatic nitrogens is 2. The third kappa shape index (κ3) is 3.37. The smallest absolute Gasteiger partial charge is 0.323 e. The number of hydrogen-bond donors (Lipinski definition) is 1. The van der Waals surface area contributed by atoms with Gasteiger partial charge in [-0.1, -0.05) is 38.1 Å². The zero-order valence-corrected chi connectivity index (χ0v) is 17.2. The van der Waals surface area contributed by atoms with E-state index in [0.717, 1.165) is 43.2 Å². The summed E-state index contributed by atoms with van der Waals surface area (Å²) in [4.78, 5) is 11.1. The molecule has 3 heterocycles. The molecule has 2 aliphatic heterocycles. The number of phenolic OH excluding ortho intramolecular Hbond substituents is 1.